The predicted molar refractivity (Wildman–Crippen MR) is 57.8 cm³/mol. The predicted octanol–water partition coefficient (Wildman–Crippen LogP) is 2.08. The molecule has 76 valence electrons. The van der Waals surface area contributed by atoms with E-state index in [9.17, 15) is 0 Å². The van der Waals surface area contributed by atoms with Crippen molar-refractivity contribution in [2.75, 3.05) is 7.11 Å². The summed E-state index contributed by atoms with van der Waals surface area (Å²) in [6.45, 7) is 0. The van der Waals surface area contributed by atoms with Crippen molar-refractivity contribution in [3.05, 3.63) is 54.0 Å². The molecule has 0 spiro atoms. The van der Waals surface area contributed by atoms with Crippen LogP contribution >= 0.6 is 0 Å². The molecule has 0 unspecified atom stereocenters. The molecule has 0 saturated heterocycles. The minimum atomic E-state index is 0.642. The van der Waals surface area contributed by atoms with E-state index in [1.807, 2.05) is 36.4 Å². The van der Waals surface area contributed by atoms with E-state index < -0.39 is 0 Å². The van der Waals surface area contributed by atoms with E-state index in [4.69, 9.17) is 4.74 Å². The van der Waals surface area contributed by atoms with Crippen LogP contribution in [0.25, 0.3) is 0 Å². The maximum atomic E-state index is 5.06. The highest BCUT2D eigenvalue weighted by Crippen LogP contribution is 2.09. The van der Waals surface area contributed by atoms with E-state index >= 15 is 0 Å². The van der Waals surface area contributed by atoms with Crippen LogP contribution in [0.5, 0.6) is 5.88 Å². The molecular formula is C12H12N2O. The lowest BCUT2D eigenvalue weighted by atomic mass is 10.2. The summed E-state index contributed by atoms with van der Waals surface area (Å²) in [5.41, 5.74) is 1.98. The lowest BCUT2D eigenvalue weighted by Gasteiger charge is -2.02. The fraction of sp³-hybridized carbons (Fsp3) is 0.167. The normalized spacial score (nSPS) is 9.93. The van der Waals surface area contributed by atoms with E-state index in [1.54, 1.807) is 13.3 Å². The van der Waals surface area contributed by atoms with Crippen LogP contribution in [0.1, 0.15) is 11.4 Å². The molecule has 15 heavy (non-hydrogen) atoms. The lowest BCUT2D eigenvalue weighted by molar-refractivity contribution is 0.396. The fourth-order valence-electron chi connectivity index (χ4n) is 1.36. The minimum absolute atomic E-state index is 0.642. The lowest BCUT2D eigenvalue weighted by Crippen LogP contribution is -1.96. The van der Waals surface area contributed by atoms with Gasteiger partial charge >= 0.3 is 0 Å². The molecule has 0 aliphatic rings. The van der Waals surface area contributed by atoms with E-state index in [1.165, 1.54) is 0 Å². The van der Waals surface area contributed by atoms with Crippen molar-refractivity contribution in [3.63, 3.8) is 0 Å². The third-order valence-electron chi connectivity index (χ3n) is 2.08. The van der Waals surface area contributed by atoms with Crippen LogP contribution in [0.4, 0.5) is 0 Å². The van der Waals surface area contributed by atoms with Crippen LogP contribution in [0.15, 0.2) is 42.6 Å². The smallest absolute Gasteiger partial charge is 0.213 e. The van der Waals surface area contributed by atoms with Gasteiger partial charge in [-0.3, -0.25) is 4.98 Å². The summed E-state index contributed by atoms with van der Waals surface area (Å²) in [6.07, 6.45) is 2.52. The van der Waals surface area contributed by atoms with Crippen molar-refractivity contribution in [2.24, 2.45) is 0 Å². The molecule has 2 aromatic rings. The molecule has 2 heterocycles. The highest BCUT2D eigenvalue weighted by molar-refractivity contribution is 5.20. The van der Waals surface area contributed by atoms with Gasteiger partial charge in [-0.1, -0.05) is 12.1 Å². The first-order valence-electron chi connectivity index (χ1n) is 4.78. The Balaban J connectivity index is 2.17. The Hall–Kier alpha value is -1.90. The van der Waals surface area contributed by atoms with Gasteiger partial charge in [-0.15, -0.1) is 0 Å². The van der Waals surface area contributed by atoms with Crippen molar-refractivity contribution in [3.8, 4) is 5.88 Å². The van der Waals surface area contributed by atoms with Gasteiger partial charge in [0, 0.05) is 24.4 Å². The maximum absolute atomic E-state index is 5.06. The first-order valence-corrected chi connectivity index (χ1v) is 4.78. The Morgan fingerprint density at radius 1 is 1.07 bits per heavy atom. The highest BCUT2D eigenvalue weighted by atomic mass is 16.5. The summed E-state index contributed by atoms with van der Waals surface area (Å²) in [7, 11) is 1.62. The summed E-state index contributed by atoms with van der Waals surface area (Å²) < 4.78 is 5.06. The summed E-state index contributed by atoms with van der Waals surface area (Å²) >= 11 is 0. The molecule has 3 heteroatoms. The average Bonchev–Trinajstić information content (AvgIpc) is 2.31. The fourth-order valence-corrected chi connectivity index (χ4v) is 1.36. The number of hydrogen-bond donors (Lipinski definition) is 0. The molecule has 0 aromatic carbocycles. The van der Waals surface area contributed by atoms with Crippen molar-refractivity contribution in [1.29, 1.82) is 0 Å². The zero-order chi connectivity index (χ0) is 10.5. The van der Waals surface area contributed by atoms with Crippen LogP contribution in [0, 0.1) is 0 Å². The quantitative estimate of drug-likeness (QED) is 0.760. The first-order chi connectivity index (χ1) is 7.38. The Bertz CT molecular complexity index is 429. The summed E-state index contributed by atoms with van der Waals surface area (Å²) in [5.74, 6) is 0.642. The number of hydrogen-bond acceptors (Lipinski definition) is 3. The molecule has 0 aliphatic heterocycles. The summed E-state index contributed by atoms with van der Waals surface area (Å²) in [5, 5.41) is 0. The molecule has 0 aliphatic carbocycles. The second kappa shape index (κ2) is 4.55. The molecule has 3 nitrogen and oxygen atoms in total. The zero-order valence-electron chi connectivity index (χ0n) is 8.55. The van der Waals surface area contributed by atoms with E-state index in [-0.39, 0.29) is 0 Å². The van der Waals surface area contributed by atoms with Crippen LogP contribution in [-0.4, -0.2) is 17.1 Å². The topological polar surface area (TPSA) is 35.0 Å². The standard InChI is InChI=1S/C12H12N2O/c1-15-12-7-4-6-11(14-12)9-10-5-2-3-8-13-10/h2-8H,9H2,1H3. The van der Waals surface area contributed by atoms with Gasteiger partial charge in [-0.05, 0) is 18.2 Å². The Kier molecular flexibility index (Phi) is 2.93. The van der Waals surface area contributed by atoms with Crippen LogP contribution in [-0.2, 0) is 6.42 Å². The van der Waals surface area contributed by atoms with Gasteiger partial charge in [0.15, 0.2) is 0 Å². The molecular weight excluding hydrogens is 188 g/mol. The molecule has 2 rings (SSSR count). The molecule has 0 radical (unpaired) electrons. The molecule has 0 atom stereocenters. The monoisotopic (exact) mass is 200 g/mol. The Morgan fingerprint density at radius 2 is 1.93 bits per heavy atom. The van der Waals surface area contributed by atoms with Gasteiger partial charge < -0.3 is 4.74 Å². The average molecular weight is 200 g/mol. The second-order valence-corrected chi connectivity index (χ2v) is 3.17. The number of nitrogens with zero attached hydrogens (tertiary/aromatic N) is 2. The first kappa shape index (κ1) is 9.65. The number of pyridine rings is 2. The maximum Gasteiger partial charge on any atom is 0.213 e. The van der Waals surface area contributed by atoms with E-state index in [0.717, 1.165) is 17.8 Å². The highest BCUT2D eigenvalue weighted by Gasteiger charge is 1.99. The van der Waals surface area contributed by atoms with Gasteiger partial charge in [0.2, 0.25) is 5.88 Å². The Morgan fingerprint density at radius 3 is 2.67 bits per heavy atom. The van der Waals surface area contributed by atoms with E-state index in [2.05, 4.69) is 9.97 Å². The van der Waals surface area contributed by atoms with Crippen molar-refractivity contribution < 1.29 is 4.74 Å². The zero-order valence-corrected chi connectivity index (χ0v) is 8.55. The third kappa shape index (κ3) is 2.53. The van der Waals surface area contributed by atoms with Crippen molar-refractivity contribution in [2.45, 2.75) is 6.42 Å². The summed E-state index contributed by atoms with van der Waals surface area (Å²) in [4.78, 5) is 8.57. The molecule has 0 amide bonds. The number of aromatic nitrogens is 2. The number of methoxy groups -OCH3 is 1. The van der Waals surface area contributed by atoms with Gasteiger partial charge in [-0.25, -0.2) is 4.98 Å². The molecule has 0 saturated carbocycles. The van der Waals surface area contributed by atoms with Gasteiger partial charge in [0.05, 0.1) is 12.8 Å². The minimum Gasteiger partial charge on any atom is -0.481 e. The van der Waals surface area contributed by atoms with Gasteiger partial charge in [-0.2, -0.15) is 0 Å². The van der Waals surface area contributed by atoms with Gasteiger partial charge in [0.1, 0.15) is 0 Å². The second-order valence-electron chi connectivity index (χ2n) is 3.17. The third-order valence-corrected chi connectivity index (χ3v) is 2.08. The molecule has 0 fully saturated rings. The van der Waals surface area contributed by atoms with E-state index in [0.29, 0.717) is 5.88 Å². The Labute approximate surface area is 88.8 Å². The SMILES string of the molecule is COc1cccc(Cc2ccccn2)n1. The van der Waals surface area contributed by atoms with Crippen LogP contribution in [0.2, 0.25) is 0 Å². The largest absolute Gasteiger partial charge is 0.481 e. The number of ether oxygens (including phenoxy) is 1. The van der Waals surface area contributed by atoms with Crippen LogP contribution in [0.3, 0.4) is 0 Å². The molecule has 0 bridgehead atoms. The van der Waals surface area contributed by atoms with Gasteiger partial charge in [0.25, 0.3) is 0 Å². The van der Waals surface area contributed by atoms with Crippen LogP contribution < -0.4 is 4.74 Å². The van der Waals surface area contributed by atoms with Crippen molar-refractivity contribution in [1.82, 2.24) is 9.97 Å². The number of rotatable bonds is 3. The summed E-state index contributed by atoms with van der Waals surface area (Å²) in [6, 6.07) is 11.6. The molecule has 0 N–H and O–H groups in total. The van der Waals surface area contributed by atoms with Crippen molar-refractivity contribution >= 4 is 0 Å². The molecule has 2 aromatic heterocycles.